The molecule has 5 rings (SSSR count). The third-order valence-electron chi connectivity index (χ3n) is 5.56. The number of nitrogens with one attached hydrogen (secondary N) is 1. The van der Waals surface area contributed by atoms with E-state index in [-0.39, 0.29) is 6.04 Å². The average molecular weight is 411 g/mol. The van der Waals surface area contributed by atoms with Gasteiger partial charge in [-0.2, -0.15) is 5.10 Å². The number of hydrogen-bond donors (Lipinski definition) is 1. The van der Waals surface area contributed by atoms with E-state index in [4.69, 9.17) is 9.73 Å². The molecule has 155 valence electrons. The highest BCUT2D eigenvalue weighted by Gasteiger charge is 2.20. The Morgan fingerprint density at radius 3 is 2.77 bits per heavy atom. The Kier molecular flexibility index (Phi) is 5.85. The fourth-order valence-corrected chi connectivity index (χ4v) is 4.01. The molecule has 1 N–H and O–H groups in total. The first-order valence-electron chi connectivity index (χ1n) is 10.8. The van der Waals surface area contributed by atoms with Crippen LogP contribution in [0.15, 0.2) is 84.3 Å². The highest BCUT2D eigenvalue weighted by atomic mass is 16.5. The van der Waals surface area contributed by atoms with Gasteiger partial charge in [-0.25, -0.2) is 0 Å². The number of hydrogen-bond acceptors (Lipinski definition) is 3. The van der Waals surface area contributed by atoms with E-state index in [0.717, 1.165) is 48.5 Å². The van der Waals surface area contributed by atoms with Crippen molar-refractivity contribution in [3.05, 3.63) is 103 Å². The van der Waals surface area contributed by atoms with Crippen LogP contribution in [0.2, 0.25) is 0 Å². The summed E-state index contributed by atoms with van der Waals surface area (Å²) in [5.41, 5.74) is 6.71. The van der Waals surface area contributed by atoms with Crippen molar-refractivity contribution < 1.29 is 9.42 Å². The number of allylic oxidation sites excluding steroid dienone is 4. The maximum atomic E-state index is 5.64. The van der Waals surface area contributed by atoms with Gasteiger partial charge in [0.05, 0.1) is 18.4 Å². The molecule has 1 unspecified atom stereocenters. The predicted octanol–water partition coefficient (Wildman–Crippen LogP) is 4.05. The number of rotatable bonds is 5. The van der Waals surface area contributed by atoms with Crippen LogP contribution in [0.25, 0.3) is 11.1 Å². The molecule has 1 radical (unpaired) electrons. The molecule has 0 saturated carbocycles. The molecule has 0 amide bonds. The lowest BCUT2D eigenvalue weighted by Crippen LogP contribution is -2.35. The number of pyridine rings is 1. The van der Waals surface area contributed by atoms with Crippen LogP contribution in [0, 0.1) is 6.42 Å². The Morgan fingerprint density at radius 1 is 1.06 bits per heavy atom. The van der Waals surface area contributed by atoms with Crippen molar-refractivity contribution in [1.29, 1.82) is 0 Å². The predicted molar refractivity (Wildman–Crippen MR) is 122 cm³/mol. The average Bonchev–Trinajstić information content (AvgIpc) is 3.29. The van der Waals surface area contributed by atoms with Gasteiger partial charge in [0.25, 0.3) is 0 Å². The van der Waals surface area contributed by atoms with Crippen molar-refractivity contribution in [1.82, 2.24) is 10.1 Å². The first kappa shape index (κ1) is 19.6. The Balaban J connectivity index is 1.43. The second-order valence-corrected chi connectivity index (χ2v) is 7.97. The van der Waals surface area contributed by atoms with Crippen LogP contribution in [0.5, 0.6) is 0 Å². The number of aromatic amines is 1. The number of ether oxygens (including phenoxy) is 1. The summed E-state index contributed by atoms with van der Waals surface area (Å²) < 4.78 is 7.71. The zero-order valence-electron chi connectivity index (χ0n) is 17.4. The molecule has 31 heavy (non-hydrogen) atoms. The van der Waals surface area contributed by atoms with E-state index < -0.39 is 0 Å². The summed E-state index contributed by atoms with van der Waals surface area (Å²) in [5.74, 6) is 0. The van der Waals surface area contributed by atoms with Crippen LogP contribution in [0.4, 0.5) is 0 Å². The highest BCUT2D eigenvalue weighted by molar-refractivity contribution is 6.18. The van der Waals surface area contributed by atoms with E-state index in [2.05, 4.69) is 75.9 Å². The van der Waals surface area contributed by atoms with Gasteiger partial charge in [-0.3, -0.25) is 9.98 Å². The zero-order valence-corrected chi connectivity index (χ0v) is 17.4. The van der Waals surface area contributed by atoms with E-state index >= 15 is 0 Å². The van der Waals surface area contributed by atoms with Gasteiger partial charge in [0, 0.05) is 37.1 Å². The van der Waals surface area contributed by atoms with E-state index in [1.807, 2.05) is 18.3 Å². The van der Waals surface area contributed by atoms with Crippen LogP contribution in [-0.4, -0.2) is 35.0 Å². The summed E-state index contributed by atoms with van der Waals surface area (Å²) in [4.78, 5) is 9.22. The third kappa shape index (κ3) is 4.89. The monoisotopic (exact) mass is 410 g/mol. The maximum absolute atomic E-state index is 5.64. The maximum Gasteiger partial charge on any atom is 0.198 e. The minimum Gasteiger partial charge on any atom is -0.379 e. The largest absolute Gasteiger partial charge is 0.379 e. The normalized spacial score (nSPS) is 20.4. The molecule has 1 aromatic carbocycles. The molecule has 1 aliphatic heterocycles. The number of benzene rings is 1. The van der Waals surface area contributed by atoms with Gasteiger partial charge in [-0.05, 0) is 53.8 Å². The SMILES string of the molecule is [CH]1C(c2ccccc2)=CC(=NC2CCCOC2)C=C1c1cc[n+](Cc2cccnc2)[nH]1. The molecule has 1 saturated heterocycles. The van der Waals surface area contributed by atoms with Crippen molar-refractivity contribution in [2.75, 3.05) is 13.2 Å². The molecule has 3 heterocycles. The Labute approximate surface area is 182 Å². The van der Waals surface area contributed by atoms with Gasteiger partial charge in [0.1, 0.15) is 5.69 Å². The zero-order chi connectivity index (χ0) is 20.9. The molecule has 2 aliphatic rings. The van der Waals surface area contributed by atoms with E-state index in [1.54, 1.807) is 6.20 Å². The Morgan fingerprint density at radius 2 is 1.97 bits per heavy atom. The first-order valence-corrected chi connectivity index (χ1v) is 10.8. The summed E-state index contributed by atoms with van der Waals surface area (Å²) in [6.45, 7) is 2.31. The topological polar surface area (TPSA) is 54.1 Å². The number of H-pyrrole nitrogens is 1. The quantitative estimate of drug-likeness (QED) is 0.645. The van der Waals surface area contributed by atoms with E-state index in [9.17, 15) is 0 Å². The Hall–Kier alpha value is -3.31. The Bertz CT molecular complexity index is 1110. The molecule has 1 aliphatic carbocycles. The molecule has 0 spiro atoms. The minimum absolute atomic E-state index is 0.229. The molecular weight excluding hydrogens is 384 g/mol. The molecule has 5 nitrogen and oxygen atoms in total. The lowest BCUT2D eigenvalue weighted by Gasteiger charge is -2.21. The second kappa shape index (κ2) is 9.23. The molecular formula is C26H26N4O+. The summed E-state index contributed by atoms with van der Waals surface area (Å²) in [6.07, 6.45) is 14.5. The molecule has 5 heteroatoms. The van der Waals surface area contributed by atoms with Gasteiger partial charge >= 0.3 is 0 Å². The van der Waals surface area contributed by atoms with Crippen molar-refractivity contribution in [3.63, 3.8) is 0 Å². The van der Waals surface area contributed by atoms with Gasteiger partial charge in [-0.15, -0.1) is 4.68 Å². The van der Waals surface area contributed by atoms with E-state index in [0.29, 0.717) is 6.61 Å². The lowest BCUT2D eigenvalue weighted by molar-refractivity contribution is -0.742. The third-order valence-corrected chi connectivity index (χ3v) is 5.56. The van der Waals surface area contributed by atoms with Crippen molar-refractivity contribution >= 4 is 16.9 Å². The lowest BCUT2D eigenvalue weighted by atomic mass is 9.90. The van der Waals surface area contributed by atoms with Crippen LogP contribution >= 0.6 is 0 Å². The molecule has 1 atom stereocenters. The van der Waals surface area contributed by atoms with Crippen LogP contribution in [0.3, 0.4) is 0 Å². The van der Waals surface area contributed by atoms with Gasteiger partial charge in [-0.1, -0.05) is 30.3 Å². The summed E-state index contributed by atoms with van der Waals surface area (Å²) >= 11 is 0. The van der Waals surface area contributed by atoms with E-state index in [1.165, 1.54) is 11.1 Å². The fourth-order valence-electron chi connectivity index (χ4n) is 4.01. The highest BCUT2D eigenvalue weighted by Crippen LogP contribution is 2.30. The number of aliphatic imine (C=N–C) groups is 1. The van der Waals surface area contributed by atoms with Gasteiger partial charge in [0.15, 0.2) is 12.7 Å². The minimum atomic E-state index is 0.229. The van der Waals surface area contributed by atoms with Crippen molar-refractivity contribution in [3.8, 4) is 0 Å². The summed E-state index contributed by atoms with van der Waals surface area (Å²) in [7, 11) is 0. The van der Waals surface area contributed by atoms with Gasteiger partial charge in [0.2, 0.25) is 0 Å². The van der Waals surface area contributed by atoms with Crippen LogP contribution in [-0.2, 0) is 11.3 Å². The fraction of sp³-hybridized carbons (Fsp3) is 0.231. The smallest absolute Gasteiger partial charge is 0.198 e. The van der Waals surface area contributed by atoms with Crippen molar-refractivity contribution in [2.24, 2.45) is 4.99 Å². The number of aromatic nitrogens is 3. The molecule has 3 aromatic rings. The molecule has 2 aromatic heterocycles. The number of nitrogens with zero attached hydrogens (tertiary/aromatic N) is 3. The van der Waals surface area contributed by atoms with Gasteiger partial charge < -0.3 is 4.74 Å². The standard InChI is InChI=1S/C26H25N4O/c1-2-7-21(8-3-1)22-14-23(16-25(15-22)28-24-9-5-13-31-19-24)26-10-12-30(29-26)18-20-6-4-11-27-17-20/h1-4,6-8,10-12,14-17,24H,5,9,13,18-19H2/p+1. The molecule has 1 fully saturated rings. The van der Waals surface area contributed by atoms with Crippen LogP contribution in [0.1, 0.15) is 29.7 Å². The summed E-state index contributed by atoms with van der Waals surface area (Å²) in [5, 5.41) is 3.51. The molecule has 0 bridgehead atoms. The van der Waals surface area contributed by atoms with Crippen molar-refractivity contribution in [2.45, 2.75) is 25.4 Å². The second-order valence-electron chi connectivity index (χ2n) is 7.97. The van der Waals surface area contributed by atoms with Crippen LogP contribution < -0.4 is 4.68 Å². The summed E-state index contributed by atoms with van der Waals surface area (Å²) in [6, 6.07) is 16.9. The first-order chi connectivity index (χ1) is 15.3.